The van der Waals surface area contributed by atoms with E-state index in [2.05, 4.69) is 11.4 Å². The van der Waals surface area contributed by atoms with Crippen molar-refractivity contribution in [2.24, 2.45) is 0 Å². The number of thiophene rings is 1. The highest BCUT2D eigenvalue weighted by atomic mass is 35.5. The van der Waals surface area contributed by atoms with Crippen LogP contribution in [-0.4, -0.2) is 18.5 Å². The second kappa shape index (κ2) is 7.04. The molecule has 0 radical (unpaired) electrons. The zero-order valence-corrected chi connectivity index (χ0v) is 14.2. The van der Waals surface area contributed by atoms with Crippen molar-refractivity contribution in [2.75, 3.05) is 11.9 Å². The second-order valence-corrected chi connectivity index (χ2v) is 6.85. The maximum absolute atomic E-state index is 12.0. The Morgan fingerprint density at radius 2 is 2.21 bits per heavy atom. The van der Waals surface area contributed by atoms with Crippen LogP contribution in [0.5, 0.6) is 0 Å². The number of benzene rings is 1. The van der Waals surface area contributed by atoms with Gasteiger partial charge in [0.05, 0.1) is 11.1 Å². The summed E-state index contributed by atoms with van der Waals surface area (Å²) in [6.07, 6.45) is 2.85. The molecule has 24 heavy (non-hydrogen) atoms. The second-order valence-electron chi connectivity index (χ2n) is 5.31. The van der Waals surface area contributed by atoms with Gasteiger partial charge in [-0.3, -0.25) is 4.79 Å². The van der Waals surface area contributed by atoms with Gasteiger partial charge in [-0.05, 0) is 43.0 Å². The van der Waals surface area contributed by atoms with Crippen molar-refractivity contribution in [3.05, 3.63) is 50.9 Å². The van der Waals surface area contributed by atoms with Gasteiger partial charge in [-0.15, -0.1) is 11.3 Å². The molecule has 122 valence electrons. The zero-order chi connectivity index (χ0) is 17.1. The Bertz CT molecular complexity index is 854. The number of nitrogens with one attached hydrogen (secondary N) is 1. The van der Waals surface area contributed by atoms with E-state index in [-0.39, 0.29) is 5.56 Å². The molecule has 0 unspecified atom stereocenters. The smallest absolute Gasteiger partial charge is 0.338 e. The molecule has 7 heteroatoms. The number of fused-ring (bicyclic) bond motifs is 1. The van der Waals surface area contributed by atoms with Gasteiger partial charge in [-0.2, -0.15) is 5.26 Å². The lowest BCUT2D eigenvalue weighted by Gasteiger charge is -2.06. The van der Waals surface area contributed by atoms with Gasteiger partial charge in [0.1, 0.15) is 11.1 Å². The van der Waals surface area contributed by atoms with Crippen LogP contribution in [0.25, 0.3) is 0 Å². The number of esters is 1. The fourth-order valence-corrected chi connectivity index (χ4v) is 4.05. The summed E-state index contributed by atoms with van der Waals surface area (Å²) in [5, 5.41) is 12.9. The third kappa shape index (κ3) is 3.42. The van der Waals surface area contributed by atoms with E-state index in [0.717, 1.165) is 29.7 Å². The number of aryl methyl sites for hydroxylation is 1. The average Bonchev–Trinajstić information content (AvgIpc) is 3.13. The predicted octanol–water partition coefficient (Wildman–Crippen LogP) is 3.56. The molecule has 0 spiro atoms. The van der Waals surface area contributed by atoms with Gasteiger partial charge in [0.25, 0.3) is 5.91 Å². The van der Waals surface area contributed by atoms with E-state index in [4.69, 9.17) is 16.3 Å². The maximum Gasteiger partial charge on any atom is 0.338 e. The number of hydrogen-bond donors (Lipinski definition) is 1. The molecule has 1 amide bonds. The fraction of sp³-hybridized carbons (Fsp3) is 0.235. The first-order valence-electron chi connectivity index (χ1n) is 7.35. The Kier molecular flexibility index (Phi) is 4.84. The molecule has 0 bridgehead atoms. The van der Waals surface area contributed by atoms with Crippen LogP contribution in [0.2, 0.25) is 5.02 Å². The molecule has 0 saturated carbocycles. The lowest BCUT2D eigenvalue weighted by Crippen LogP contribution is -2.20. The van der Waals surface area contributed by atoms with Crippen molar-refractivity contribution in [3.63, 3.8) is 0 Å². The predicted molar refractivity (Wildman–Crippen MR) is 91.4 cm³/mol. The van der Waals surface area contributed by atoms with E-state index in [1.54, 1.807) is 18.2 Å². The maximum atomic E-state index is 12.0. The largest absolute Gasteiger partial charge is 0.452 e. The highest BCUT2D eigenvalue weighted by Gasteiger charge is 2.23. The molecule has 2 aromatic rings. The van der Waals surface area contributed by atoms with Gasteiger partial charge >= 0.3 is 5.97 Å². The summed E-state index contributed by atoms with van der Waals surface area (Å²) >= 11 is 7.23. The monoisotopic (exact) mass is 360 g/mol. The number of ether oxygens (including phenoxy) is 1. The van der Waals surface area contributed by atoms with Crippen LogP contribution < -0.4 is 5.32 Å². The van der Waals surface area contributed by atoms with Crippen LogP contribution in [0.15, 0.2) is 24.3 Å². The summed E-state index contributed by atoms with van der Waals surface area (Å²) < 4.78 is 4.98. The topological polar surface area (TPSA) is 79.2 Å². The van der Waals surface area contributed by atoms with Gasteiger partial charge < -0.3 is 10.1 Å². The third-order valence-corrected chi connectivity index (χ3v) is 5.12. The number of carbonyl (C=O) groups excluding carboxylic acids is 2. The van der Waals surface area contributed by atoms with Crippen LogP contribution in [0.3, 0.4) is 0 Å². The Balaban J connectivity index is 1.61. The van der Waals surface area contributed by atoms with Crippen molar-refractivity contribution < 1.29 is 14.3 Å². The Morgan fingerprint density at radius 1 is 1.38 bits per heavy atom. The summed E-state index contributed by atoms with van der Waals surface area (Å²) in [5.74, 6) is -1.09. The highest BCUT2D eigenvalue weighted by molar-refractivity contribution is 7.16. The summed E-state index contributed by atoms with van der Waals surface area (Å²) in [6, 6.07) is 8.46. The van der Waals surface area contributed by atoms with E-state index in [9.17, 15) is 14.9 Å². The lowest BCUT2D eigenvalue weighted by atomic mass is 10.1. The van der Waals surface area contributed by atoms with Gasteiger partial charge in [-0.25, -0.2) is 4.79 Å². The normalized spacial score (nSPS) is 12.3. The molecular formula is C17H13ClN2O3S. The minimum Gasteiger partial charge on any atom is -0.452 e. The van der Waals surface area contributed by atoms with E-state index in [1.165, 1.54) is 17.4 Å². The summed E-state index contributed by atoms with van der Waals surface area (Å²) in [5.41, 5.74) is 1.85. The fourth-order valence-electron chi connectivity index (χ4n) is 2.60. The number of carbonyl (C=O) groups is 2. The highest BCUT2D eigenvalue weighted by Crippen LogP contribution is 2.38. The molecule has 1 aliphatic rings. The quantitative estimate of drug-likeness (QED) is 0.845. The molecule has 0 atom stereocenters. The van der Waals surface area contributed by atoms with E-state index in [0.29, 0.717) is 15.6 Å². The number of rotatable bonds is 4. The van der Waals surface area contributed by atoms with E-state index >= 15 is 0 Å². The Hall–Kier alpha value is -2.36. The van der Waals surface area contributed by atoms with Crippen molar-refractivity contribution in [2.45, 2.75) is 19.3 Å². The Morgan fingerprint density at radius 3 is 2.96 bits per heavy atom. The number of nitrogens with zero attached hydrogens (tertiary/aromatic N) is 1. The number of halogens is 1. The molecule has 1 aromatic carbocycles. The first kappa shape index (κ1) is 16.5. The van der Waals surface area contributed by atoms with Crippen molar-refractivity contribution >= 4 is 39.8 Å². The van der Waals surface area contributed by atoms with Gasteiger partial charge in [0.15, 0.2) is 6.61 Å². The zero-order valence-electron chi connectivity index (χ0n) is 12.6. The molecule has 1 N–H and O–H groups in total. The number of amides is 1. The van der Waals surface area contributed by atoms with E-state index in [1.807, 2.05) is 0 Å². The molecule has 0 aliphatic heterocycles. The van der Waals surface area contributed by atoms with Crippen molar-refractivity contribution in [1.29, 1.82) is 5.26 Å². The summed E-state index contributed by atoms with van der Waals surface area (Å²) in [6.45, 7) is -0.418. The number of hydrogen-bond acceptors (Lipinski definition) is 5. The molecule has 0 fully saturated rings. The van der Waals surface area contributed by atoms with Gasteiger partial charge in [0.2, 0.25) is 0 Å². The summed E-state index contributed by atoms with van der Waals surface area (Å²) in [4.78, 5) is 25.0. The SMILES string of the molecule is N#Cc1c(NC(=O)COC(=O)c2cccc(Cl)c2)sc2c1CCC2. The first-order chi connectivity index (χ1) is 11.6. The molecule has 1 aromatic heterocycles. The van der Waals surface area contributed by atoms with Crippen LogP contribution in [0.1, 0.15) is 32.8 Å². The molecule has 5 nitrogen and oxygen atoms in total. The average molecular weight is 361 g/mol. The van der Waals surface area contributed by atoms with Crippen molar-refractivity contribution in [1.82, 2.24) is 0 Å². The van der Waals surface area contributed by atoms with E-state index < -0.39 is 18.5 Å². The van der Waals surface area contributed by atoms with Gasteiger partial charge in [0, 0.05) is 9.90 Å². The van der Waals surface area contributed by atoms with Crippen LogP contribution >= 0.6 is 22.9 Å². The third-order valence-electron chi connectivity index (χ3n) is 3.68. The Labute approximate surface area is 147 Å². The molecule has 1 heterocycles. The van der Waals surface area contributed by atoms with Crippen molar-refractivity contribution in [3.8, 4) is 6.07 Å². The molecule has 0 saturated heterocycles. The number of nitriles is 1. The minimum atomic E-state index is -0.623. The van der Waals surface area contributed by atoms with Crippen LogP contribution in [-0.2, 0) is 22.4 Å². The summed E-state index contributed by atoms with van der Waals surface area (Å²) in [7, 11) is 0. The van der Waals surface area contributed by atoms with Gasteiger partial charge in [-0.1, -0.05) is 17.7 Å². The molecular weight excluding hydrogens is 348 g/mol. The standard InChI is InChI=1S/C17H13ClN2O3S/c18-11-4-1-3-10(7-11)17(22)23-9-15(21)20-16-13(8-19)12-5-2-6-14(12)24-16/h1,3-4,7H,2,5-6,9H2,(H,20,21). The van der Waals surface area contributed by atoms with Crippen LogP contribution in [0, 0.1) is 11.3 Å². The minimum absolute atomic E-state index is 0.281. The van der Waals surface area contributed by atoms with Crippen LogP contribution in [0.4, 0.5) is 5.00 Å². The number of anilines is 1. The lowest BCUT2D eigenvalue weighted by molar-refractivity contribution is -0.119. The molecule has 1 aliphatic carbocycles. The first-order valence-corrected chi connectivity index (χ1v) is 8.55. The molecule has 3 rings (SSSR count).